The highest BCUT2D eigenvalue weighted by Gasteiger charge is 2.30. The maximum atomic E-state index is 12.4. The minimum Gasteiger partial charge on any atom is -0.406 e. The number of aromatic nitrogens is 1. The van der Waals surface area contributed by atoms with Crippen molar-refractivity contribution in [3.05, 3.63) is 97.1 Å². The number of rotatable bonds is 5. The molecule has 0 spiro atoms. The molecule has 150 valence electrons. The van der Waals surface area contributed by atoms with Crippen LogP contribution < -0.4 is 10.1 Å². The summed E-state index contributed by atoms with van der Waals surface area (Å²) in [5.74, 6) is -0.266. The van der Waals surface area contributed by atoms with E-state index in [-0.39, 0.29) is 5.75 Å². The number of nitrogens with one attached hydrogen (secondary N) is 1. The van der Waals surface area contributed by atoms with Crippen molar-refractivity contribution in [1.82, 2.24) is 4.98 Å². The molecule has 0 bridgehead atoms. The van der Waals surface area contributed by atoms with Gasteiger partial charge in [-0.1, -0.05) is 60.7 Å². The number of anilines is 2. The maximum absolute atomic E-state index is 12.4. The standard InChI is InChI=1S/C24H17F3N2O/c25-24(26,27)30-21-13-11-19(12-14-21)28-20-15-22(17-7-3-1-4-8-17)29-23(16-20)18-9-5-2-6-10-18/h1-16H,(H,28,29). The summed E-state index contributed by atoms with van der Waals surface area (Å²) < 4.78 is 41.0. The van der Waals surface area contributed by atoms with E-state index in [1.165, 1.54) is 24.3 Å². The third kappa shape index (κ3) is 4.97. The zero-order chi connectivity index (χ0) is 21.0. The summed E-state index contributed by atoms with van der Waals surface area (Å²) in [4.78, 5) is 4.78. The molecule has 1 aromatic heterocycles. The van der Waals surface area contributed by atoms with Crippen molar-refractivity contribution >= 4 is 11.4 Å². The van der Waals surface area contributed by atoms with Crippen LogP contribution >= 0.6 is 0 Å². The highest BCUT2D eigenvalue weighted by atomic mass is 19.4. The summed E-state index contributed by atoms with van der Waals surface area (Å²) in [6.45, 7) is 0. The normalized spacial score (nSPS) is 11.2. The molecule has 0 aliphatic heterocycles. The SMILES string of the molecule is FC(F)(F)Oc1ccc(Nc2cc(-c3ccccc3)nc(-c3ccccc3)c2)cc1. The second kappa shape index (κ2) is 8.29. The van der Waals surface area contributed by atoms with Crippen molar-refractivity contribution in [3.63, 3.8) is 0 Å². The Morgan fingerprint density at radius 2 is 1.13 bits per heavy atom. The number of nitrogens with zero attached hydrogens (tertiary/aromatic N) is 1. The van der Waals surface area contributed by atoms with Crippen molar-refractivity contribution in [3.8, 4) is 28.3 Å². The first-order chi connectivity index (χ1) is 14.5. The molecule has 0 saturated heterocycles. The van der Waals surface area contributed by atoms with E-state index in [0.29, 0.717) is 5.69 Å². The van der Waals surface area contributed by atoms with Crippen LogP contribution in [0.2, 0.25) is 0 Å². The molecule has 0 amide bonds. The molecule has 1 N–H and O–H groups in total. The number of benzene rings is 3. The van der Waals surface area contributed by atoms with Gasteiger partial charge < -0.3 is 10.1 Å². The Labute approximate surface area is 171 Å². The highest BCUT2D eigenvalue weighted by Crippen LogP contribution is 2.30. The first-order valence-corrected chi connectivity index (χ1v) is 9.22. The summed E-state index contributed by atoms with van der Waals surface area (Å²) >= 11 is 0. The Hall–Kier alpha value is -3.80. The third-order valence-corrected chi connectivity index (χ3v) is 4.34. The molecule has 0 fully saturated rings. The molecule has 0 aliphatic rings. The zero-order valence-corrected chi connectivity index (χ0v) is 15.7. The van der Waals surface area contributed by atoms with Crippen LogP contribution in [0.25, 0.3) is 22.5 Å². The van der Waals surface area contributed by atoms with E-state index >= 15 is 0 Å². The maximum Gasteiger partial charge on any atom is 0.573 e. The number of pyridine rings is 1. The van der Waals surface area contributed by atoms with Crippen molar-refractivity contribution < 1.29 is 17.9 Å². The molecule has 0 aliphatic carbocycles. The van der Waals surface area contributed by atoms with Crippen LogP contribution in [0.1, 0.15) is 0 Å². The lowest BCUT2D eigenvalue weighted by molar-refractivity contribution is -0.274. The first-order valence-electron chi connectivity index (χ1n) is 9.22. The van der Waals surface area contributed by atoms with Crippen molar-refractivity contribution in [2.75, 3.05) is 5.32 Å². The molecule has 30 heavy (non-hydrogen) atoms. The Bertz CT molecular complexity index is 1060. The van der Waals surface area contributed by atoms with Crippen molar-refractivity contribution in [2.24, 2.45) is 0 Å². The van der Waals surface area contributed by atoms with Crippen LogP contribution in [-0.4, -0.2) is 11.3 Å². The molecule has 3 aromatic carbocycles. The van der Waals surface area contributed by atoms with E-state index < -0.39 is 6.36 Å². The van der Waals surface area contributed by atoms with Gasteiger partial charge in [0.2, 0.25) is 0 Å². The lowest BCUT2D eigenvalue weighted by Crippen LogP contribution is -2.16. The van der Waals surface area contributed by atoms with Gasteiger partial charge in [-0.15, -0.1) is 13.2 Å². The van der Waals surface area contributed by atoms with E-state index in [4.69, 9.17) is 4.98 Å². The van der Waals surface area contributed by atoms with Crippen molar-refractivity contribution in [2.45, 2.75) is 6.36 Å². The zero-order valence-electron chi connectivity index (χ0n) is 15.7. The second-order valence-electron chi connectivity index (χ2n) is 6.56. The molecular formula is C24H17F3N2O. The number of hydrogen-bond acceptors (Lipinski definition) is 3. The van der Waals surface area contributed by atoms with Gasteiger partial charge in [0.15, 0.2) is 0 Å². The molecule has 4 rings (SSSR count). The van der Waals surface area contributed by atoms with E-state index in [0.717, 1.165) is 28.2 Å². The predicted octanol–water partition coefficient (Wildman–Crippen LogP) is 7.06. The van der Waals surface area contributed by atoms with Crippen LogP contribution in [0.5, 0.6) is 5.75 Å². The van der Waals surface area contributed by atoms with E-state index in [1.807, 2.05) is 72.8 Å². The average molecular weight is 406 g/mol. The lowest BCUT2D eigenvalue weighted by atomic mass is 10.1. The smallest absolute Gasteiger partial charge is 0.406 e. The number of alkyl halides is 3. The van der Waals surface area contributed by atoms with Gasteiger partial charge in [-0.3, -0.25) is 0 Å². The molecule has 0 unspecified atom stereocenters. The minimum absolute atomic E-state index is 0.266. The Morgan fingerprint density at radius 1 is 0.633 bits per heavy atom. The van der Waals surface area contributed by atoms with Crippen LogP contribution in [0.4, 0.5) is 24.5 Å². The van der Waals surface area contributed by atoms with Gasteiger partial charge in [-0.25, -0.2) is 4.98 Å². The quantitative estimate of drug-likeness (QED) is 0.385. The van der Waals surface area contributed by atoms with Crippen LogP contribution in [-0.2, 0) is 0 Å². The highest BCUT2D eigenvalue weighted by molar-refractivity contribution is 5.74. The Balaban J connectivity index is 1.67. The number of ether oxygens (including phenoxy) is 1. The third-order valence-electron chi connectivity index (χ3n) is 4.34. The summed E-state index contributed by atoms with van der Waals surface area (Å²) in [5.41, 5.74) is 4.91. The molecule has 0 saturated carbocycles. The summed E-state index contributed by atoms with van der Waals surface area (Å²) in [6.07, 6.45) is -4.71. The first kappa shape index (κ1) is 19.5. The van der Waals surface area contributed by atoms with E-state index in [9.17, 15) is 13.2 Å². The summed E-state index contributed by atoms with van der Waals surface area (Å²) in [6, 6.07) is 29.0. The largest absolute Gasteiger partial charge is 0.573 e. The van der Waals surface area contributed by atoms with Gasteiger partial charge in [0.25, 0.3) is 0 Å². The van der Waals surface area contributed by atoms with E-state index in [2.05, 4.69) is 10.1 Å². The molecule has 3 nitrogen and oxygen atoms in total. The van der Waals surface area contributed by atoms with Gasteiger partial charge in [-0.2, -0.15) is 0 Å². The molecular weight excluding hydrogens is 389 g/mol. The fraction of sp³-hybridized carbons (Fsp3) is 0.0417. The van der Waals surface area contributed by atoms with Gasteiger partial charge in [0.05, 0.1) is 11.4 Å². The topological polar surface area (TPSA) is 34.1 Å². The van der Waals surface area contributed by atoms with Crippen molar-refractivity contribution in [1.29, 1.82) is 0 Å². The fourth-order valence-electron chi connectivity index (χ4n) is 3.02. The monoisotopic (exact) mass is 406 g/mol. The van der Waals surface area contributed by atoms with E-state index in [1.54, 1.807) is 0 Å². The molecule has 0 radical (unpaired) electrons. The minimum atomic E-state index is -4.71. The van der Waals surface area contributed by atoms with Gasteiger partial charge in [-0.05, 0) is 36.4 Å². The Kier molecular flexibility index (Phi) is 5.39. The second-order valence-corrected chi connectivity index (χ2v) is 6.56. The van der Waals surface area contributed by atoms with Gasteiger partial charge in [0.1, 0.15) is 5.75 Å². The summed E-state index contributed by atoms with van der Waals surface area (Å²) in [5, 5.41) is 3.24. The summed E-state index contributed by atoms with van der Waals surface area (Å²) in [7, 11) is 0. The van der Waals surface area contributed by atoms with Crippen LogP contribution in [0.15, 0.2) is 97.1 Å². The van der Waals surface area contributed by atoms with Crippen LogP contribution in [0.3, 0.4) is 0 Å². The number of halogens is 3. The van der Waals surface area contributed by atoms with Gasteiger partial charge in [0, 0.05) is 22.5 Å². The molecule has 1 heterocycles. The van der Waals surface area contributed by atoms with Gasteiger partial charge >= 0.3 is 6.36 Å². The predicted molar refractivity (Wildman–Crippen MR) is 112 cm³/mol. The molecule has 6 heteroatoms. The molecule has 4 aromatic rings. The fourth-order valence-corrected chi connectivity index (χ4v) is 3.02. The Morgan fingerprint density at radius 3 is 1.60 bits per heavy atom. The average Bonchev–Trinajstić information content (AvgIpc) is 2.75. The number of hydrogen-bond donors (Lipinski definition) is 1. The lowest BCUT2D eigenvalue weighted by Gasteiger charge is -2.13. The molecule has 0 atom stereocenters. The van der Waals surface area contributed by atoms with Crippen LogP contribution in [0, 0.1) is 0 Å².